The first-order chi connectivity index (χ1) is 13.2. The largest absolute Gasteiger partial charge is 0.496 e. The van der Waals surface area contributed by atoms with Crippen molar-refractivity contribution in [1.29, 1.82) is 0 Å². The lowest BCUT2D eigenvalue weighted by molar-refractivity contribution is 0.0950. The SMILES string of the molecule is COc1ccc(/C=N/NC(=O)c2ccn[nH]2)cc1COc1ccccc1F. The fourth-order valence-electron chi connectivity index (χ4n) is 2.32. The lowest BCUT2D eigenvalue weighted by Gasteiger charge is -2.11. The first-order valence-electron chi connectivity index (χ1n) is 8.04. The van der Waals surface area contributed by atoms with E-state index in [1.165, 1.54) is 24.5 Å². The molecule has 3 rings (SSSR count). The molecule has 138 valence electrons. The van der Waals surface area contributed by atoms with Crippen molar-refractivity contribution in [1.82, 2.24) is 15.6 Å². The van der Waals surface area contributed by atoms with Crippen molar-refractivity contribution in [2.24, 2.45) is 5.10 Å². The summed E-state index contributed by atoms with van der Waals surface area (Å²) in [5.41, 5.74) is 4.13. The molecule has 0 atom stereocenters. The van der Waals surface area contributed by atoms with Crippen LogP contribution < -0.4 is 14.9 Å². The predicted octanol–water partition coefficient (Wildman–Crippen LogP) is 2.90. The Morgan fingerprint density at radius 1 is 1.26 bits per heavy atom. The van der Waals surface area contributed by atoms with Crippen LogP contribution in [0.4, 0.5) is 4.39 Å². The van der Waals surface area contributed by atoms with E-state index in [9.17, 15) is 9.18 Å². The number of methoxy groups -OCH3 is 1. The van der Waals surface area contributed by atoms with E-state index in [-0.39, 0.29) is 12.4 Å². The Hall–Kier alpha value is -3.68. The van der Waals surface area contributed by atoms with Gasteiger partial charge in [-0.2, -0.15) is 10.2 Å². The summed E-state index contributed by atoms with van der Waals surface area (Å²) in [7, 11) is 1.54. The van der Waals surface area contributed by atoms with Gasteiger partial charge in [0.25, 0.3) is 5.91 Å². The number of aromatic amines is 1. The maximum Gasteiger partial charge on any atom is 0.289 e. The third-order valence-electron chi connectivity index (χ3n) is 3.65. The number of hydrogen-bond acceptors (Lipinski definition) is 5. The number of aromatic nitrogens is 2. The van der Waals surface area contributed by atoms with Crippen LogP contribution in [-0.2, 0) is 6.61 Å². The number of carbonyl (C=O) groups excluding carboxylic acids is 1. The van der Waals surface area contributed by atoms with E-state index < -0.39 is 11.7 Å². The Morgan fingerprint density at radius 2 is 2.11 bits per heavy atom. The number of hydrazone groups is 1. The van der Waals surface area contributed by atoms with Gasteiger partial charge in [-0.3, -0.25) is 9.89 Å². The number of rotatable bonds is 7. The number of halogens is 1. The van der Waals surface area contributed by atoms with Gasteiger partial charge in [0.1, 0.15) is 18.1 Å². The van der Waals surface area contributed by atoms with Gasteiger partial charge in [-0.25, -0.2) is 9.82 Å². The van der Waals surface area contributed by atoms with Gasteiger partial charge in [-0.1, -0.05) is 12.1 Å². The van der Waals surface area contributed by atoms with Gasteiger partial charge in [0, 0.05) is 11.8 Å². The van der Waals surface area contributed by atoms with E-state index in [1.54, 1.807) is 43.5 Å². The minimum Gasteiger partial charge on any atom is -0.496 e. The average Bonchev–Trinajstić information content (AvgIpc) is 3.22. The number of nitrogens with zero attached hydrogens (tertiary/aromatic N) is 2. The highest BCUT2D eigenvalue weighted by Gasteiger charge is 2.08. The zero-order valence-electron chi connectivity index (χ0n) is 14.5. The second-order valence-corrected chi connectivity index (χ2v) is 5.46. The van der Waals surface area contributed by atoms with E-state index in [4.69, 9.17) is 9.47 Å². The summed E-state index contributed by atoms with van der Waals surface area (Å²) in [6.07, 6.45) is 2.96. The van der Waals surface area contributed by atoms with Crippen LogP contribution in [0, 0.1) is 5.82 Å². The van der Waals surface area contributed by atoms with E-state index in [1.807, 2.05) is 0 Å². The van der Waals surface area contributed by atoms with Gasteiger partial charge >= 0.3 is 0 Å². The van der Waals surface area contributed by atoms with Crippen LogP contribution >= 0.6 is 0 Å². The molecule has 0 saturated heterocycles. The number of ether oxygens (including phenoxy) is 2. The van der Waals surface area contributed by atoms with E-state index in [0.717, 1.165) is 0 Å². The monoisotopic (exact) mass is 368 g/mol. The van der Waals surface area contributed by atoms with Crippen LogP contribution in [0.3, 0.4) is 0 Å². The molecule has 8 heteroatoms. The van der Waals surface area contributed by atoms with Crippen LogP contribution in [0.2, 0.25) is 0 Å². The molecule has 0 aliphatic heterocycles. The summed E-state index contributed by atoms with van der Waals surface area (Å²) in [6, 6.07) is 13.0. The lowest BCUT2D eigenvalue weighted by atomic mass is 10.1. The van der Waals surface area contributed by atoms with Crippen molar-refractivity contribution in [2.75, 3.05) is 7.11 Å². The molecule has 0 bridgehead atoms. The third kappa shape index (κ3) is 4.69. The fraction of sp³-hybridized carbons (Fsp3) is 0.105. The lowest BCUT2D eigenvalue weighted by Crippen LogP contribution is -2.18. The number of hydrogen-bond donors (Lipinski definition) is 2. The number of benzene rings is 2. The second-order valence-electron chi connectivity index (χ2n) is 5.46. The van der Waals surface area contributed by atoms with Crippen molar-refractivity contribution < 1.29 is 18.7 Å². The van der Waals surface area contributed by atoms with Crippen LogP contribution in [-0.4, -0.2) is 29.4 Å². The predicted molar refractivity (Wildman–Crippen MR) is 97.4 cm³/mol. The van der Waals surface area contributed by atoms with Gasteiger partial charge in [0.2, 0.25) is 0 Å². The first kappa shape index (κ1) is 18.1. The van der Waals surface area contributed by atoms with Crippen LogP contribution in [0.15, 0.2) is 59.8 Å². The Bertz CT molecular complexity index is 942. The Labute approximate surface area is 154 Å². The van der Waals surface area contributed by atoms with E-state index in [0.29, 0.717) is 22.6 Å². The number of nitrogens with one attached hydrogen (secondary N) is 2. The highest BCUT2D eigenvalue weighted by molar-refractivity contribution is 5.93. The molecule has 2 aromatic carbocycles. The minimum atomic E-state index is -0.435. The third-order valence-corrected chi connectivity index (χ3v) is 3.65. The summed E-state index contributed by atoms with van der Waals surface area (Å²) in [5, 5.41) is 10.2. The quantitative estimate of drug-likeness (QED) is 0.496. The summed E-state index contributed by atoms with van der Waals surface area (Å²) in [6.45, 7) is 0.117. The molecule has 1 aromatic heterocycles. The second kappa shape index (κ2) is 8.61. The number of carbonyl (C=O) groups is 1. The molecule has 0 radical (unpaired) electrons. The number of H-pyrrole nitrogens is 1. The van der Waals surface area contributed by atoms with Crippen molar-refractivity contribution >= 4 is 12.1 Å². The molecule has 1 amide bonds. The molecular formula is C19H17FN4O3. The topological polar surface area (TPSA) is 88.6 Å². The molecule has 0 aliphatic rings. The van der Waals surface area contributed by atoms with Gasteiger partial charge < -0.3 is 9.47 Å². The molecule has 7 nitrogen and oxygen atoms in total. The van der Waals surface area contributed by atoms with Crippen LogP contribution in [0.5, 0.6) is 11.5 Å². The molecule has 27 heavy (non-hydrogen) atoms. The molecule has 1 heterocycles. The van der Waals surface area contributed by atoms with Crippen LogP contribution in [0.25, 0.3) is 0 Å². The van der Waals surface area contributed by atoms with E-state index >= 15 is 0 Å². The summed E-state index contributed by atoms with van der Waals surface area (Å²) in [4.78, 5) is 11.8. The molecule has 2 N–H and O–H groups in total. The number of amides is 1. The standard InChI is InChI=1S/C19H17FN4O3/c1-26-17-7-6-13(11-22-24-19(25)16-8-9-21-23-16)10-14(17)12-27-18-5-3-2-4-15(18)20/h2-11H,12H2,1H3,(H,21,23)(H,24,25)/b22-11+. The molecular weight excluding hydrogens is 351 g/mol. The van der Waals surface area contributed by atoms with Gasteiger partial charge in [0.15, 0.2) is 11.6 Å². The Morgan fingerprint density at radius 3 is 2.85 bits per heavy atom. The first-order valence-corrected chi connectivity index (χ1v) is 8.04. The van der Waals surface area contributed by atoms with Crippen molar-refractivity contribution in [3.8, 4) is 11.5 Å². The van der Waals surface area contributed by atoms with Crippen molar-refractivity contribution in [3.05, 3.63) is 77.4 Å². The Kier molecular flexibility index (Phi) is 5.78. The molecule has 3 aromatic rings. The summed E-state index contributed by atoms with van der Waals surface area (Å²) in [5.74, 6) is -0.0773. The molecule has 0 aliphatic carbocycles. The molecule has 0 unspecified atom stereocenters. The van der Waals surface area contributed by atoms with Crippen LogP contribution in [0.1, 0.15) is 21.6 Å². The van der Waals surface area contributed by atoms with Crippen molar-refractivity contribution in [3.63, 3.8) is 0 Å². The van der Waals surface area contributed by atoms with Gasteiger partial charge in [-0.05, 0) is 42.0 Å². The highest BCUT2D eigenvalue weighted by atomic mass is 19.1. The zero-order valence-corrected chi connectivity index (χ0v) is 14.5. The number of para-hydroxylation sites is 1. The van der Waals surface area contributed by atoms with Crippen molar-refractivity contribution in [2.45, 2.75) is 6.61 Å². The molecule has 0 saturated carbocycles. The highest BCUT2D eigenvalue weighted by Crippen LogP contribution is 2.23. The van der Waals surface area contributed by atoms with Gasteiger partial charge in [-0.15, -0.1) is 0 Å². The fourth-order valence-corrected chi connectivity index (χ4v) is 2.32. The zero-order chi connectivity index (χ0) is 19.1. The smallest absolute Gasteiger partial charge is 0.289 e. The maximum absolute atomic E-state index is 13.7. The average molecular weight is 368 g/mol. The summed E-state index contributed by atoms with van der Waals surface area (Å²) >= 11 is 0. The molecule has 0 fully saturated rings. The van der Waals surface area contributed by atoms with Gasteiger partial charge in [0.05, 0.1) is 13.3 Å². The molecule has 0 spiro atoms. The Balaban J connectivity index is 1.68. The summed E-state index contributed by atoms with van der Waals surface area (Å²) < 4.78 is 24.5. The van der Waals surface area contributed by atoms with E-state index in [2.05, 4.69) is 20.7 Å². The normalized spacial score (nSPS) is 10.7. The maximum atomic E-state index is 13.7. The minimum absolute atomic E-state index is 0.117.